The molecule has 0 radical (unpaired) electrons. The van der Waals surface area contributed by atoms with E-state index in [0.717, 1.165) is 34.9 Å². The molecule has 1 atom stereocenters. The Balaban J connectivity index is 1.44. The number of nitrogens with zero attached hydrogens (tertiary/aromatic N) is 2. The summed E-state index contributed by atoms with van der Waals surface area (Å²) in [5, 5.41) is 2.99. The van der Waals surface area contributed by atoms with Crippen LogP contribution in [0.15, 0.2) is 60.9 Å². The molecule has 3 aromatic rings. The molecule has 1 amide bonds. The van der Waals surface area contributed by atoms with E-state index in [1.165, 1.54) is 0 Å². The first-order valence-corrected chi connectivity index (χ1v) is 9.25. The second-order valence-corrected chi connectivity index (χ2v) is 7.18. The molecule has 0 bridgehead atoms. The van der Waals surface area contributed by atoms with E-state index in [-0.39, 0.29) is 5.91 Å². The monoisotopic (exact) mass is 361 g/mol. The topological polar surface area (TPSA) is 56.2 Å². The zero-order valence-corrected chi connectivity index (χ0v) is 15.6. The molecular weight excluding hydrogens is 338 g/mol. The number of aromatic nitrogens is 2. The first kappa shape index (κ1) is 17.3. The van der Waals surface area contributed by atoms with Gasteiger partial charge in [-0.2, -0.15) is 0 Å². The number of benzene rings is 2. The number of amides is 1. The summed E-state index contributed by atoms with van der Waals surface area (Å²) < 4.78 is 7.92. The standard InChI is InChI=1S/C22H23N3O2/c1-15(2)21-23-10-11-25(21)14-16-6-5-8-18(12-16)24-22(26)20-13-17-7-3-4-9-19(17)27-20/h3-12,15,20H,13-14H2,1-2H3,(H,24,26). The van der Waals surface area contributed by atoms with Crippen LogP contribution in [0.2, 0.25) is 0 Å². The van der Waals surface area contributed by atoms with E-state index >= 15 is 0 Å². The van der Waals surface area contributed by atoms with Crippen LogP contribution in [0.5, 0.6) is 5.75 Å². The van der Waals surface area contributed by atoms with Crippen LogP contribution in [0.4, 0.5) is 5.69 Å². The highest BCUT2D eigenvalue weighted by Gasteiger charge is 2.28. The smallest absolute Gasteiger partial charge is 0.265 e. The van der Waals surface area contributed by atoms with Gasteiger partial charge in [0.25, 0.3) is 5.91 Å². The number of nitrogens with one attached hydrogen (secondary N) is 1. The molecule has 5 nitrogen and oxygen atoms in total. The van der Waals surface area contributed by atoms with Gasteiger partial charge in [-0.3, -0.25) is 4.79 Å². The number of ether oxygens (including phenoxy) is 1. The zero-order valence-electron chi connectivity index (χ0n) is 15.6. The largest absolute Gasteiger partial charge is 0.480 e. The van der Waals surface area contributed by atoms with Gasteiger partial charge in [0.05, 0.1) is 0 Å². The van der Waals surface area contributed by atoms with Crippen LogP contribution in [0.1, 0.15) is 36.7 Å². The van der Waals surface area contributed by atoms with Gasteiger partial charge in [0, 0.05) is 37.0 Å². The van der Waals surface area contributed by atoms with Gasteiger partial charge in [0.15, 0.2) is 6.10 Å². The maximum absolute atomic E-state index is 12.6. The molecule has 2 aromatic carbocycles. The third-order valence-electron chi connectivity index (χ3n) is 4.75. The van der Waals surface area contributed by atoms with Crippen molar-refractivity contribution in [2.24, 2.45) is 0 Å². The van der Waals surface area contributed by atoms with Crippen LogP contribution >= 0.6 is 0 Å². The highest BCUT2D eigenvalue weighted by molar-refractivity contribution is 5.95. The van der Waals surface area contributed by atoms with Crippen molar-refractivity contribution in [2.45, 2.75) is 38.8 Å². The average Bonchev–Trinajstić information content (AvgIpc) is 3.28. The van der Waals surface area contributed by atoms with Crippen LogP contribution in [0.3, 0.4) is 0 Å². The Bertz CT molecular complexity index is 936. The molecule has 5 heteroatoms. The predicted molar refractivity (Wildman–Crippen MR) is 105 cm³/mol. The number of rotatable bonds is 5. The molecule has 2 heterocycles. The van der Waals surface area contributed by atoms with Crippen LogP contribution in [0, 0.1) is 0 Å². The minimum absolute atomic E-state index is 0.117. The lowest BCUT2D eigenvalue weighted by molar-refractivity contribution is -0.122. The minimum atomic E-state index is -0.479. The fourth-order valence-corrected chi connectivity index (χ4v) is 3.45. The molecular formula is C22H23N3O2. The number of hydrogen-bond acceptors (Lipinski definition) is 3. The van der Waals surface area contributed by atoms with Gasteiger partial charge in [0.1, 0.15) is 11.6 Å². The molecule has 0 saturated heterocycles. The summed E-state index contributed by atoms with van der Waals surface area (Å²) in [6.07, 6.45) is 3.95. The molecule has 0 fully saturated rings. The maximum Gasteiger partial charge on any atom is 0.265 e. The SMILES string of the molecule is CC(C)c1nccn1Cc1cccc(NC(=O)C2Cc3ccccc3O2)c1. The Labute approximate surface area is 159 Å². The van der Waals surface area contributed by atoms with Gasteiger partial charge in [0.2, 0.25) is 0 Å². The summed E-state index contributed by atoms with van der Waals surface area (Å²) in [5.41, 5.74) is 2.97. The molecule has 27 heavy (non-hydrogen) atoms. The molecule has 1 aromatic heterocycles. The lowest BCUT2D eigenvalue weighted by atomic mass is 10.1. The van der Waals surface area contributed by atoms with Gasteiger partial charge in [-0.05, 0) is 29.3 Å². The van der Waals surface area contributed by atoms with Crippen molar-refractivity contribution in [3.8, 4) is 5.75 Å². The van der Waals surface area contributed by atoms with Crippen molar-refractivity contribution in [2.75, 3.05) is 5.32 Å². The van der Waals surface area contributed by atoms with E-state index in [2.05, 4.69) is 34.8 Å². The van der Waals surface area contributed by atoms with Crippen LogP contribution in [-0.2, 0) is 17.8 Å². The molecule has 0 spiro atoms. The molecule has 0 aliphatic carbocycles. The highest BCUT2D eigenvalue weighted by Crippen LogP contribution is 2.28. The summed E-state index contributed by atoms with van der Waals surface area (Å²) in [4.78, 5) is 17.0. The number of para-hydroxylation sites is 1. The summed E-state index contributed by atoms with van der Waals surface area (Å²) in [6, 6.07) is 15.7. The third-order valence-corrected chi connectivity index (χ3v) is 4.75. The van der Waals surface area contributed by atoms with Crippen molar-refractivity contribution < 1.29 is 9.53 Å². The average molecular weight is 361 g/mol. The first-order valence-electron chi connectivity index (χ1n) is 9.25. The third kappa shape index (κ3) is 3.72. The highest BCUT2D eigenvalue weighted by atomic mass is 16.5. The molecule has 1 unspecified atom stereocenters. The zero-order chi connectivity index (χ0) is 18.8. The van der Waals surface area contributed by atoms with Crippen molar-refractivity contribution in [1.29, 1.82) is 0 Å². The Morgan fingerprint density at radius 1 is 1.26 bits per heavy atom. The minimum Gasteiger partial charge on any atom is -0.480 e. The van der Waals surface area contributed by atoms with E-state index in [4.69, 9.17) is 4.74 Å². The fourth-order valence-electron chi connectivity index (χ4n) is 3.45. The number of carbonyl (C=O) groups is 1. The number of carbonyl (C=O) groups excluding carboxylic acids is 1. The van der Waals surface area contributed by atoms with Crippen molar-refractivity contribution >= 4 is 11.6 Å². The number of imidazole rings is 1. The van der Waals surface area contributed by atoms with Crippen molar-refractivity contribution in [3.05, 3.63) is 77.9 Å². The normalized spacial score (nSPS) is 15.4. The lowest BCUT2D eigenvalue weighted by Crippen LogP contribution is -2.31. The second-order valence-electron chi connectivity index (χ2n) is 7.18. The van der Waals surface area contributed by atoms with E-state index in [1.807, 2.05) is 54.9 Å². The number of anilines is 1. The van der Waals surface area contributed by atoms with Crippen LogP contribution in [0.25, 0.3) is 0 Å². The summed E-state index contributed by atoms with van der Waals surface area (Å²) in [7, 11) is 0. The fraction of sp³-hybridized carbons (Fsp3) is 0.273. The van der Waals surface area contributed by atoms with Crippen LogP contribution in [-0.4, -0.2) is 21.6 Å². The van der Waals surface area contributed by atoms with Crippen molar-refractivity contribution in [1.82, 2.24) is 9.55 Å². The number of fused-ring (bicyclic) bond motifs is 1. The van der Waals surface area contributed by atoms with Gasteiger partial charge >= 0.3 is 0 Å². The molecule has 1 aliphatic rings. The predicted octanol–water partition coefficient (Wildman–Crippen LogP) is 4.00. The molecule has 1 N–H and O–H groups in total. The van der Waals surface area contributed by atoms with Gasteiger partial charge < -0.3 is 14.6 Å². The molecule has 1 aliphatic heterocycles. The van der Waals surface area contributed by atoms with Gasteiger partial charge in [-0.15, -0.1) is 0 Å². The Morgan fingerprint density at radius 3 is 2.93 bits per heavy atom. The van der Waals surface area contributed by atoms with E-state index in [9.17, 15) is 4.79 Å². The molecule has 138 valence electrons. The Kier molecular flexibility index (Phi) is 4.67. The van der Waals surface area contributed by atoms with Gasteiger partial charge in [-0.1, -0.05) is 44.2 Å². The lowest BCUT2D eigenvalue weighted by Gasteiger charge is -2.13. The van der Waals surface area contributed by atoms with E-state index in [0.29, 0.717) is 12.3 Å². The van der Waals surface area contributed by atoms with E-state index < -0.39 is 6.10 Å². The molecule has 0 saturated carbocycles. The first-order chi connectivity index (χ1) is 13.1. The summed E-state index contributed by atoms with van der Waals surface area (Å²) in [5.74, 6) is 2.10. The Hall–Kier alpha value is -3.08. The van der Waals surface area contributed by atoms with Crippen molar-refractivity contribution in [3.63, 3.8) is 0 Å². The quantitative estimate of drug-likeness (QED) is 0.747. The van der Waals surface area contributed by atoms with Crippen LogP contribution < -0.4 is 10.1 Å². The summed E-state index contributed by atoms with van der Waals surface area (Å²) in [6.45, 7) is 4.99. The molecule has 4 rings (SSSR count). The number of hydrogen-bond donors (Lipinski definition) is 1. The Morgan fingerprint density at radius 2 is 2.11 bits per heavy atom. The van der Waals surface area contributed by atoms with Gasteiger partial charge in [-0.25, -0.2) is 4.98 Å². The second kappa shape index (κ2) is 7.27. The summed E-state index contributed by atoms with van der Waals surface area (Å²) >= 11 is 0. The van der Waals surface area contributed by atoms with E-state index in [1.54, 1.807) is 0 Å². The maximum atomic E-state index is 12.6.